The number of carbonyl (C=O) groups excluding carboxylic acids is 1. The normalized spacial score (nSPS) is 12.5. The van der Waals surface area contributed by atoms with Crippen LogP contribution in [0.25, 0.3) is 0 Å². The molecule has 0 aliphatic heterocycles. The summed E-state index contributed by atoms with van der Waals surface area (Å²) in [4.78, 5) is 12.2. The molecule has 6 heteroatoms. The summed E-state index contributed by atoms with van der Waals surface area (Å²) >= 11 is 0. The predicted octanol–water partition coefficient (Wildman–Crippen LogP) is 4.18. The number of benzene rings is 2. The first-order valence-corrected chi connectivity index (χ1v) is 7.55. The van der Waals surface area contributed by atoms with E-state index in [2.05, 4.69) is 5.32 Å². The van der Waals surface area contributed by atoms with Crippen LogP contribution in [0.5, 0.6) is 5.75 Å². The van der Waals surface area contributed by atoms with E-state index in [-0.39, 0.29) is 11.7 Å². The summed E-state index contributed by atoms with van der Waals surface area (Å²) in [5.74, 6) is -0.342. The number of halogens is 3. The summed E-state index contributed by atoms with van der Waals surface area (Å²) in [5, 5.41) is 2.73. The van der Waals surface area contributed by atoms with Crippen molar-refractivity contribution in [2.75, 3.05) is 0 Å². The topological polar surface area (TPSA) is 38.3 Å². The Kier molecular flexibility index (Phi) is 5.84. The molecule has 2 rings (SSSR count). The molecule has 128 valence electrons. The lowest BCUT2D eigenvalue weighted by Crippen LogP contribution is -2.37. The van der Waals surface area contributed by atoms with Crippen molar-refractivity contribution in [3.8, 4) is 5.75 Å². The van der Waals surface area contributed by atoms with Crippen LogP contribution in [0.15, 0.2) is 54.6 Å². The number of amides is 1. The largest absolute Gasteiger partial charge is 0.481 e. The molecule has 0 saturated heterocycles. The third-order valence-electron chi connectivity index (χ3n) is 3.41. The fourth-order valence-electron chi connectivity index (χ4n) is 2.13. The highest BCUT2D eigenvalue weighted by Gasteiger charge is 2.31. The van der Waals surface area contributed by atoms with Crippen LogP contribution >= 0.6 is 0 Å². The summed E-state index contributed by atoms with van der Waals surface area (Å²) in [6, 6.07) is 13.8. The van der Waals surface area contributed by atoms with Crippen LogP contribution in [0, 0.1) is 0 Å². The van der Waals surface area contributed by atoms with Crippen LogP contribution in [0.3, 0.4) is 0 Å². The predicted molar refractivity (Wildman–Crippen MR) is 84.4 cm³/mol. The van der Waals surface area contributed by atoms with Gasteiger partial charge in [-0.25, -0.2) is 0 Å². The number of rotatable bonds is 6. The van der Waals surface area contributed by atoms with Gasteiger partial charge in [0.1, 0.15) is 5.75 Å². The lowest BCUT2D eigenvalue weighted by Gasteiger charge is -2.18. The molecule has 1 atom stereocenters. The highest BCUT2D eigenvalue weighted by molar-refractivity contribution is 5.81. The second-order valence-corrected chi connectivity index (χ2v) is 5.24. The summed E-state index contributed by atoms with van der Waals surface area (Å²) in [5.41, 5.74) is 0.124. The smallest absolute Gasteiger partial charge is 0.416 e. The average molecular weight is 337 g/mol. The Morgan fingerprint density at radius 1 is 1.12 bits per heavy atom. The van der Waals surface area contributed by atoms with Crippen molar-refractivity contribution in [1.82, 2.24) is 5.32 Å². The van der Waals surface area contributed by atoms with Crippen LogP contribution in [-0.2, 0) is 17.5 Å². The van der Waals surface area contributed by atoms with Gasteiger partial charge in [0.05, 0.1) is 5.56 Å². The van der Waals surface area contributed by atoms with E-state index in [9.17, 15) is 18.0 Å². The van der Waals surface area contributed by atoms with Crippen molar-refractivity contribution in [2.45, 2.75) is 32.2 Å². The minimum Gasteiger partial charge on any atom is -0.481 e. The summed E-state index contributed by atoms with van der Waals surface area (Å²) in [6.45, 7) is 2.07. The Labute approximate surface area is 138 Å². The highest BCUT2D eigenvalue weighted by atomic mass is 19.4. The van der Waals surface area contributed by atoms with E-state index in [1.807, 2.05) is 30.3 Å². The van der Waals surface area contributed by atoms with E-state index in [0.29, 0.717) is 13.0 Å². The molecule has 2 aromatic rings. The number of hydrogen-bond acceptors (Lipinski definition) is 2. The maximum atomic E-state index is 12.7. The third kappa shape index (κ3) is 5.01. The van der Waals surface area contributed by atoms with Crippen molar-refractivity contribution in [3.05, 3.63) is 65.7 Å². The van der Waals surface area contributed by atoms with E-state index < -0.39 is 17.8 Å². The van der Waals surface area contributed by atoms with Gasteiger partial charge in [0.2, 0.25) is 0 Å². The van der Waals surface area contributed by atoms with Crippen LogP contribution in [0.1, 0.15) is 24.5 Å². The van der Waals surface area contributed by atoms with Gasteiger partial charge in [0.15, 0.2) is 6.10 Å². The minimum absolute atomic E-state index is 0.0199. The molecule has 0 bridgehead atoms. The highest BCUT2D eigenvalue weighted by Crippen LogP contribution is 2.31. The second kappa shape index (κ2) is 7.86. The zero-order valence-corrected chi connectivity index (χ0v) is 13.1. The standard InChI is InChI=1S/C18H18F3NO2/c1-2-16(17(23)22-12-13-7-4-3-5-8-13)24-15-10-6-9-14(11-15)18(19,20)21/h3-11,16H,2,12H2,1H3,(H,22,23)/t16-/m0/s1. The molecule has 0 aromatic heterocycles. The van der Waals surface area contributed by atoms with Gasteiger partial charge in [-0.15, -0.1) is 0 Å². The van der Waals surface area contributed by atoms with Crippen LogP contribution < -0.4 is 10.1 Å². The molecule has 24 heavy (non-hydrogen) atoms. The summed E-state index contributed by atoms with van der Waals surface area (Å²) in [6.07, 6.45) is -4.95. The van der Waals surface area contributed by atoms with Gasteiger partial charge in [-0.1, -0.05) is 43.3 Å². The molecule has 1 N–H and O–H groups in total. The number of ether oxygens (including phenoxy) is 1. The van der Waals surface area contributed by atoms with Crippen molar-refractivity contribution in [1.29, 1.82) is 0 Å². The van der Waals surface area contributed by atoms with E-state index in [0.717, 1.165) is 17.7 Å². The monoisotopic (exact) mass is 337 g/mol. The van der Waals surface area contributed by atoms with Gasteiger partial charge in [0, 0.05) is 6.54 Å². The average Bonchev–Trinajstić information content (AvgIpc) is 2.58. The number of carbonyl (C=O) groups is 1. The fourth-order valence-corrected chi connectivity index (χ4v) is 2.13. The Balaban J connectivity index is 1.99. The van der Waals surface area contributed by atoms with Crippen LogP contribution in [0.4, 0.5) is 13.2 Å². The summed E-state index contributed by atoms with van der Waals surface area (Å²) in [7, 11) is 0. The van der Waals surface area contributed by atoms with Crippen molar-refractivity contribution < 1.29 is 22.7 Å². The Morgan fingerprint density at radius 3 is 2.46 bits per heavy atom. The van der Waals surface area contributed by atoms with Gasteiger partial charge in [0.25, 0.3) is 5.91 Å². The first kappa shape index (κ1) is 17.8. The number of nitrogens with one attached hydrogen (secondary N) is 1. The Bertz CT molecular complexity index is 671. The van der Waals surface area contributed by atoms with Gasteiger partial charge >= 0.3 is 6.18 Å². The molecule has 1 amide bonds. The van der Waals surface area contributed by atoms with Gasteiger partial charge in [-0.3, -0.25) is 4.79 Å². The summed E-state index contributed by atoms with van der Waals surface area (Å²) < 4.78 is 43.6. The van der Waals surface area contributed by atoms with E-state index in [1.165, 1.54) is 12.1 Å². The van der Waals surface area contributed by atoms with E-state index >= 15 is 0 Å². The lowest BCUT2D eigenvalue weighted by molar-refractivity contribution is -0.137. The van der Waals surface area contributed by atoms with Gasteiger partial charge < -0.3 is 10.1 Å². The molecule has 0 unspecified atom stereocenters. The van der Waals surface area contributed by atoms with Crippen LogP contribution in [0.2, 0.25) is 0 Å². The molecule has 2 aromatic carbocycles. The molecule has 0 fully saturated rings. The van der Waals surface area contributed by atoms with E-state index in [4.69, 9.17) is 4.74 Å². The number of hydrogen-bond donors (Lipinski definition) is 1. The van der Waals surface area contributed by atoms with Crippen molar-refractivity contribution in [3.63, 3.8) is 0 Å². The third-order valence-corrected chi connectivity index (χ3v) is 3.41. The molecule has 0 saturated carbocycles. The van der Waals surface area contributed by atoms with Crippen LogP contribution in [-0.4, -0.2) is 12.0 Å². The molecular formula is C18H18F3NO2. The second-order valence-electron chi connectivity index (χ2n) is 5.24. The quantitative estimate of drug-likeness (QED) is 0.859. The molecule has 0 aliphatic rings. The molecule has 0 aliphatic carbocycles. The van der Waals surface area contributed by atoms with Crippen molar-refractivity contribution in [2.24, 2.45) is 0 Å². The molecule has 3 nitrogen and oxygen atoms in total. The number of alkyl halides is 3. The lowest BCUT2D eigenvalue weighted by atomic mass is 10.2. The molecule has 0 heterocycles. The minimum atomic E-state index is -4.45. The zero-order valence-electron chi connectivity index (χ0n) is 13.1. The molecule has 0 radical (unpaired) electrons. The maximum absolute atomic E-state index is 12.7. The molecule has 0 spiro atoms. The fraction of sp³-hybridized carbons (Fsp3) is 0.278. The van der Waals surface area contributed by atoms with E-state index in [1.54, 1.807) is 6.92 Å². The van der Waals surface area contributed by atoms with Crippen molar-refractivity contribution >= 4 is 5.91 Å². The first-order chi connectivity index (χ1) is 11.4. The first-order valence-electron chi connectivity index (χ1n) is 7.55. The SMILES string of the molecule is CC[C@H](Oc1cccc(C(F)(F)F)c1)C(=O)NCc1ccccc1. The Morgan fingerprint density at radius 2 is 1.83 bits per heavy atom. The maximum Gasteiger partial charge on any atom is 0.416 e. The van der Waals surface area contributed by atoms with Gasteiger partial charge in [-0.05, 0) is 30.2 Å². The zero-order chi connectivity index (χ0) is 17.6. The molecular weight excluding hydrogens is 319 g/mol. The Hall–Kier alpha value is -2.50. The van der Waals surface area contributed by atoms with Gasteiger partial charge in [-0.2, -0.15) is 13.2 Å².